The fourth-order valence-electron chi connectivity index (χ4n) is 2.17. The van der Waals surface area contributed by atoms with Gasteiger partial charge in [-0.2, -0.15) is 0 Å². The minimum absolute atomic E-state index is 0.211. The van der Waals surface area contributed by atoms with Crippen molar-refractivity contribution in [3.63, 3.8) is 0 Å². The second kappa shape index (κ2) is 5.26. The standard InChI is InChI=1S/C12H18N2O3S/c1-13-18(16,17)12-4-2-11(3-5-12)14-7-6-10(8-14)9-15/h2-5,10,13,15H,6-9H2,1H3. The van der Waals surface area contributed by atoms with Crippen LogP contribution in [0.2, 0.25) is 0 Å². The first-order chi connectivity index (χ1) is 8.56. The number of nitrogens with one attached hydrogen (secondary N) is 1. The zero-order valence-corrected chi connectivity index (χ0v) is 11.2. The molecule has 0 amide bonds. The van der Waals surface area contributed by atoms with Gasteiger partial charge in [0.05, 0.1) is 4.90 Å². The molecule has 1 atom stereocenters. The first-order valence-corrected chi connectivity index (χ1v) is 7.44. The van der Waals surface area contributed by atoms with Crippen molar-refractivity contribution in [2.75, 3.05) is 31.6 Å². The van der Waals surface area contributed by atoms with Gasteiger partial charge in [-0.15, -0.1) is 0 Å². The van der Waals surface area contributed by atoms with Gasteiger partial charge >= 0.3 is 0 Å². The molecule has 1 aromatic rings. The highest BCUT2D eigenvalue weighted by molar-refractivity contribution is 7.89. The minimum Gasteiger partial charge on any atom is -0.396 e. The summed E-state index contributed by atoms with van der Waals surface area (Å²) in [5, 5.41) is 9.10. The average Bonchev–Trinajstić information content (AvgIpc) is 2.87. The Bertz CT molecular complexity index is 499. The minimum atomic E-state index is -3.36. The number of aliphatic hydroxyl groups is 1. The van der Waals surface area contributed by atoms with E-state index in [-0.39, 0.29) is 11.5 Å². The van der Waals surface area contributed by atoms with Crippen LogP contribution >= 0.6 is 0 Å². The van der Waals surface area contributed by atoms with Gasteiger partial charge in [-0.25, -0.2) is 13.1 Å². The molecule has 1 aliphatic heterocycles. The van der Waals surface area contributed by atoms with Crippen molar-refractivity contribution < 1.29 is 13.5 Å². The quantitative estimate of drug-likeness (QED) is 0.831. The Kier molecular flexibility index (Phi) is 3.89. The van der Waals surface area contributed by atoms with E-state index in [1.165, 1.54) is 7.05 Å². The smallest absolute Gasteiger partial charge is 0.240 e. The summed E-state index contributed by atoms with van der Waals surface area (Å²) in [5.41, 5.74) is 1.00. The summed E-state index contributed by atoms with van der Waals surface area (Å²) < 4.78 is 25.4. The number of benzene rings is 1. The highest BCUT2D eigenvalue weighted by Gasteiger charge is 2.22. The fraction of sp³-hybridized carbons (Fsp3) is 0.500. The highest BCUT2D eigenvalue weighted by atomic mass is 32.2. The third-order valence-electron chi connectivity index (χ3n) is 3.32. The molecule has 0 radical (unpaired) electrons. The van der Waals surface area contributed by atoms with E-state index in [9.17, 15) is 8.42 Å². The number of nitrogens with zero attached hydrogens (tertiary/aromatic N) is 1. The van der Waals surface area contributed by atoms with Gasteiger partial charge in [0.15, 0.2) is 0 Å². The maximum atomic E-state index is 11.6. The predicted molar refractivity (Wildman–Crippen MR) is 70.1 cm³/mol. The number of aliphatic hydroxyl groups excluding tert-OH is 1. The molecule has 1 aliphatic rings. The number of hydrogen-bond acceptors (Lipinski definition) is 4. The molecule has 0 aliphatic carbocycles. The van der Waals surface area contributed by atoms with Crippen molar-refractivity contribution in [3.05, 3.63) is 24.3 Å². The van der Waals surface area contributed by atoms with Crippen LogP contribution in [0.25, 0.3) is 0 Å². The fourth-order valence-corrected chi connectivity index (χ4v) is 2.90. The van der Waals surface area contributed by atoms with Crippen molar-refractivity contribution in [1.29, 1.82) is 0 Å². The molecule has 1 unspecified atom stereocenters. The van der Waals surface area contributed by atoms with Crippen LogP contribution in [0.1, 0.15) is 6.42 Å². The molecule has 0 saturated carbocycles. The van der Waals surface area contributed by atoms with Gasteiger partial charge in [0.2, 0.25) is 10.0 Å². The van der Waals surface area contributed by atoms with Gasteiger partial charge in [0, 0.05) is 31.3 Å². The monoisotopic (exact) mass is 270 g/mol. The summed E-state index contributed by atoms with van der Waals surface area (Å²) in [6, 6.07) is 6.83. The Labute approximate surface area is 107 Å². The predicted octanol–water partition coefficient (Wildman–Crippen LogP) is 0.413. The van der Waals surface area contributed by atoms with E-state index in [4.69, 9.17) is 5.11 Å². The van der Waals surface area contributed by atoms with Crippen LogP contribution in [-0.4, -0.2) is 40.3 Å². The summed E-state index contributed by atoms with van der Waals surface area (Å²) in [7, 11) is -1.96. The Balaban J connectivity index is 2.14. The van der Waals surface area contributed by atoms with E-state index < -0.39 is 10.0 Å². The van der Waals surface area contributed by atoms with Gasteiger partial charge in [-0.3, -0.25) is 0 Å². The number of anilines is 1. The molecule has 2 rings (SSSR count). The van der Waals surface area contributed by atoms with E-state index in [1.807, 2.05) is 12.1 Å². The first kappa shape index (κ1) is 13.3. The largest absolute Gasteiger partial charge is 0.396 e. The van der Waals surface area contributed by atoms with E-state index in [0.717, 1.165) is 25.2 Å². The molecule has 1 fully saturated rings. The topological polar surface area (TPSA) is 69.6 Å². The molecule has 0 spiro atoms. The SMILES string of the molecule is CNS(=O)(=O)c1ccc(N2CCC(CO)C2)cc1. The van der Waals surface area contributed by atoms with Crippen molar-refractivity contribution in [2.45, 2.75) is 11.3 Å². The third-order valence-corrected chi connectivity index (χ3v) is 4.76. The van der Waals surface area contributed by atoms with Crippen molar-refractivity contribution in [2.24, 2.45) is 5.92 Å². The molecule has 2 N–H and O–H groups in total. The summed E-state index contributed by atoms with van der Waals surface area (Å²) in [6.45, 7) is 1.95. The molecule has 0 bridgehead atoms. The second-order valence-electron chi connectivity index (χ2n) is 4.48. The lowest BCUT2D eigenvalue weighted by molar-refractivity contribution is 0.238. The average molecular weight is 270 g/mol. The zero-order valence-electron chi connectivity index (χ0n) is 10.3. The summed E-state index contributed by atoms with van der Waals surface area (Å²) in [4.78, 5) is 2.43. The lowest BCUT2D eigenvalue weighted by atomic mass is 10.1. The Morgan fingerprint density at radius 1 is 1.39 bits per heavy atom. The Morgan fingerprint density at radius 2 is 2.06 bits per heavy atom. The van der Waals surface area contributed by atoms with E-state index in [1.54, 1.807) is 12.1 Å². The number of sulfonamides is 1. The van der Waals surface area contributed by atoms with Gasteiger partial charge in [0.25, 0.3) is 0 Å². The molecular weight excluding hydrogens is 252 g/mol. The normalized spacial score (nSPS) is 20.3. The maximum Gasteiger partial charge on any atom is 0.240 e. The Hall–Kier alpha value is -1.11. The number of rotatable bonds is 4. The van der Waals surface area contributed by atoms with Crippen LogP contribution in [0.15, 0.2) is 29.2 Å². The van der Waals surface area contributed by atoms with Crippen molar-refractivity contribution >= 4 is 15.7 Å². The van der Waals surface area contributed by atoms with Crippen LogP contribution in [0, 0.1) is 5.92 Å². The van der Waals surface area contributed by atoms with E-state index >= 15 is 0 Å². The molecule has 1 heterocycles. The zero-order chi connectivity index (χ0) is 13.2. The van der Waals surface area contributed by atoms with Crippen LogP contribution in [0.4, 0.5) is 5.69 Å². The highest BCUT2D eigenvalue weighted by Crippen LogP contribution is 2.24. The van der Waals surface area contributed by atoms with E-state index in [2.05, 4.69) is 9.62 Å². The molecule has 1 aromatic carbocycles. The maximum absolute atomic E-state index is 11.6. The molecule has 0 aromatic heterocycles. The first-order valence-electron chi connectivity index (χ1n) is 5.96. The van der Waals surface area contributed by atoms with Crippen LogP contribution in [-0.2, 0) is 10.0 Å². The lowest BCUT2D eigenvalue weighted by Crippen LogP contribution is -2.21. The van der Waals surface area contributed by atoms with E-state index in [0.29, 0.717) is 5.92 Å². The second-order valence-corrected chi connectivity index (χ2v) is 6.37. The molecule has 100 valence electrons. The summed E-state index contributed by atoms with van der Waals surface area (Å²) in [6.07, 6.45) is 0.979. The van der Waals surface area contributed by atoms with Gasteiger partial charge < -0.3 is 10.0 Å². The molecule has 6 heteroatoms. The molecular formula is C12H18N2O3S. The summed E-state index contributed by atoms with van der Waals surface area (Å²) in [5.74, 6) is 0.325. The van der Waals surface area contributed by atoms with Gasteiger partial charge in [-0.05, 0) is 37.7 Å². The lowest BCUT2D eigenvalue weighted by Gasteiger charge is -2.18. The van der Waals surface area contributed by atoms with Crippen molar-refractivity contribution in [3.8, 4) is 0 Å². The summed E-state index contributed by atoms with van der Waals surface area (Å²) >= 11 is 0. The molecule has 5 nitrogen and oxygen atoms in total. The van der Waals surface area contributed by atoms with Gasteiger partial charge in [0.1, 0.15) is 0 Å². The van der Waals surface area contributed by atoms with Crippen LogP contribution in [0.3, 0.4) is 0 Å². The van der Waals surface area contributed by atoms with Crippen LogP contribution < -0.4 is 9.62 Å². The van der Waals surface area contributed by atoms with Crippen molar-refractivity contribution in [1.82, 2.24) is 4.72 Å². The van der Waals surface area contributed by atoms with Gasteiger partial charge in [-0.1, -0.05) is 0 Å². The molecule has 1 saturated heterocycles. The third kappa shape index (κ3) is 2.66. The Morgan fingerprint density at radius 3 is 2.56 bits per heavy atom. The van der Waals surface area contributed by atoms with Crippen LogP contribution in [0.5, 0.6) is 0 Å². The number of hydrogen-bond donors (Lipinski definition) is 2. The molecule has 18 heavy (non-hydrogen) atoms.